The van der Waals surface area contributed by atoms with Crippen LogP contribution < -0.4 is 10.2 Å². The maximum atomic E-state index is 13.2. The molecule has 0 saturated carbocycles. The maximum Gasteiger partial charge on any atom is 0.254 e. The molecule has 0 radical (unpaired) electrons. The molecule has 2 aliphatic heterocycles. The number of unbranched alkanes of at least 4 members (excludes halogenated alkanes) is 1. The molecular formula is C25H40N4O2. The summed E-state index contributed by atoms with van der Waals surface area (Å²) in [5.74, 6) is 0.0253. The van der Waals surface area contributed by atoms with Crippen LogP contribution >= 0.6 is 0 Å². The fourth-order valence-corrected chi connectivity index (χ4v) is 4.61. The van der Waals surface area contributed by atoms with Crippen LogP contribution in [0.5, 0.6) is 0 Å². The third-order valence-corrected chi connectivity index (χ3v) is 6.87. The summed E-state index contributed by atoms with van der Waals surface area (Å²) in [7, 11) is 0. The molecule has 0 spiro atoms. The number of piperazine rings is 1. The topological polar surface area (TPSA) is 55.9 Å². The number of hydrogen-bond donors (Lipinski definition) is 1. The van der Waals surface area contributed by atoms with Crippen molar-refractivity contribution in [2.45, 2.75) is 65.5 Å². The van der Waals surface area contributed by atoms with E-state index in [1.54, 1.807) is 0 Å². The normalized spacial score (nSPS) is 22.6. The van der Waals surface area contributed by atoms with Gasteiger partial charge in [0, 0.05) is 62.6 Å². The lowest BCUT2D eigenvalue weighted by atomic mass is 9.92. The van der Waals surface area contributed by atoms with Gasteiger partial charge in [-0.2, -0.15) is 0 Å². The quantitative estimate of drug-likeness (QED) is 0.677. The van der Waals surface area contributed by atoms with Gasteiger partial charge in [-0.25, -0.2) is 0 Å². The predicted molar refractivity (Wildman–Crippen MR) is 127 cm³/mol. The van der Waals surface area contributed by atoms with Crippen molar-refractivity contribution in [3.05, 3.63) is 29.8 Å². The van der Waals surface area contributed by atoms with Crippen LogP contribution in [0.25, 0.3) is 0 Å². The van der Waals surface area contributed by atoms with Crippen LogP contribution in [-0.2, 0) is 4.79 Å². The van der Waals surface area contributed by atoms with E-state index in [0.717, 1.165) is 58.4 Å². The minimum Gasteiger partial charge on any atom is -0.369 e. The molecule has 1 N–H and O–H groups in total. The first-order valence-corrected chi connectivity index (χ1v) is 12.1. The molecule has 2 heterocycles. The zero-order valence-electron chi connectivity index (χ0n) is 19.8. The van der Waals surface area contributed by atoms with E-state index in [9.17, 15) is 9.59 Å². The molecule has 2 amide bonds. The van der Waals surface area contributed by atoms with Gasteiger partial charge < -0.3 is 15.1 Å². The Morgan fingerprint density at radius 1 is 1.06 bits per heavy atom. The molecular weight excluding hydrogens is 388 g/mol. The van der Waals surface area contributed by atoms with Gasteiger partial charge in [0.25, 0.3) is 5.91 Å². The number of nitrogens with one attached hydrogen (secondary N) is 1. The highest BCUT2D eigenvalue weighted by Crippen LogP contribution is 2.25. The van der Waals surface area contributed by atoms with Crippen LogP contribution in [0.2, 0.25) is 0 Å². The highest BCUT2D eigenvalue weighted by molar-refractivity contribution is 5.95. The van der Waals surface area contributed by atoms with Crippen LogP contribution in [0.1, 0.15) is 63.7 Å². The van der Waals surface area contributed by atoms with Gasteiger partial charge >= 0.3 is 0 Å². The predicted octanol–water partition coefficient (Wildman–Crippen LogP) is 3.37. The second-order valence-corrected chi connectivity index (χ2v) is 9.39. The van der Waals surface area contributed by atoms with Crippen LogP contribution in [0.15, 0.2) is 24.3 Å². The summed E-state index contributed by atoms with van der Waals surface area (Å²) in [6, 6.07) is 8.79. The van der Waals surface area contributed by atoms with Gasteiger partial charge in [0.1, 0.15) is 0 Å². The van der Waals surface area contributed by atoms with Gasteiger partial charge in [-0.05, 0) is 64.3 Å². The number of anilines is 1. The molecule has 1 aromatic rings. The lowest BCUT2D eigenvalue weighted by Crippen LogP contribution is -2.49. The summed E-state index contributed by atoms with van der Waals surface area (Å²) < 4.78 is 0. The monoisotopic (exact) mass is 428 g/mol. The van der Waals surface area contributed by atoms with E-state index in [0.29, 0.717) is 18.2 Å². The first-order valence-electron chi connectivity index (χ1n) is 12.1. The Hall–Kier alpha value is -2.08. The zero-order valence-corrected chi connectivity index (χ0v) is 19.8. The highest BCUT2D eigenvalue weighted by atomic mass is 16.2. The molecule has 3 rings (SSSR count). The Kier molecular flexibility index (Phi) is 8.35. The van der Waals surface area contributed by atoms with E-state index in [-0.39, 0.29) is 23.8 Å². The van der Waals surface area contributed by atoms with E-state index in [1.807, 2.05) is 17.0 Å². The standard InChI is InChI=1S/C25H40N4O2/c1-5-6-13-26-24(30)22-8-7-20(4)29(18-22)25(31)21-9-11-23(12-10-21)28-16-14-27(15-17-28)19(2)3/h9-12,19-20,22H,5-8,13-18H2,1-4H3,(H,26,30). The fourth-order valence-electron chi connectivity index (χ4n) is 4.61. The number of likely N-dealkylation sites (tertiary alicyclic amines) is 1. The number of piperidine rings is 1. The molecule has 6 nitrogen and oxygen atoms in total. The first kappa shape index (κ1) is 23.6. The van der Waals surface area contributed by atoms with Crippen molar-refractivity contribution in [1.82, 2.24) is 15.1 Å². The Labute approximate surface area is 188 Å². The molecule has 0 aliphatic carbocycles. The number of amides is 2. The number of hydrogen-bond acceptors (Lipinski definition) is 4. The molecule has 2 saturated heterocycles. The Morgan fingerprint density at radius 3 is 2.35 bits per heavy atom. The second-order valence-electron chi connectivity index (χ2n) is 9.39. The third-order valence-electron chi connectivity index (χ3n) is 6.87. The van der Waals surface area contributed by atoms with Crippen molar-refractivity contribution in [2.75, 3.05) is 44.2 Å². The van der Waals surface area contributed by atoms with Gasteiger partial charge in [0.2, 0.25) is 5.91 Å². The van der Waals surface area contributed by atoms with Crippen LogP contribution in [0.4, 0.5) is 5.69 Å². The average Bonchev–Trinajstić information content (AvgIpc) is 2.79. The Morgan fingerprint density at radius 2 is 1.74 bits per heavy atom. The highest BCUT2D eigenvalue weighted by Gasteiger charge is 2.33. The minimum absolute atomic E-state index is 0.0368. The van der Waals surface area contributed by atoms with Crippen LogP contribution in [0, 0.1) is 5.92 Å². The van der Waals surface area contributed by atoms with E-state index < -0.39 is 0 Å². The van der Waals surface area contributed by atoms with Crippen molar-refractivity contribution >= 4 is 17.5 Å². The molecule has 0 aromatic heterocycles. The van der Waals surface area contributed by atoms with Crippen LogP contribution in [-0.4, -0.2) is 73.0 Å². The minimum atomic E-state index is -0.103. The third kappa shape index (κ3) is 6.00. The van der Waals surface area contributed by atoms with Crippen molar-refractivity contribution in [1.29, 1.82) is 0 Å². The molecule has 2 atom stereocenters. The van der Waals surface area contributed by atoms with Crippen molar-refractivity contribution in [3.8, 4) is 0 Å². The summed E-state index contributed by atoms with van der Waals surface area (Å²) in [6.45, 7) is 14.1. The number of carbonyl (C=O) groups excluding carboxylic acids is 2. The summed E-state index contributed by atoms with van der Waals surface area (Å²) in [5, 5.41) is 3.04. The molecule has 2 fully saturated rings. The van der Waals surface area contributed by atoms with Crippen molar-refractivity contribution in [3.63, 3.8) is 0 Å². The van der Waals surface area contributed by atoms with Gasteiger partial charge in [0.05, 0.1) is 5.92 Å². The summed E-state index contributed by atoms with van der Waals surface area (Å²) in [5.41, 5.74) is 1.89. The molecule has 172 valence electrons. The van der Waals surface area contributed by atoms with Gasteiger partial charge in [-0.15, -0.1) is 0 Å². The van der Waals surface area contributed by atoms with Crippen LogP contribution in [0.3, 0.4) is 0 Å². The smallest absolute Gasteiger partial charge is 0.254 e. The van der Waals surface area contributed by atoms with E-state index in [4.69, 9.17) is 0 Å². The van der Waals surface area contributed by atoms with E-state index >= 15 is 0 Å². The Balaban J connectivity index is 1.59. The first-order chi connectivity index (χ1) is 14.9. The molecule has 1 aromatic carbocycles. The zero-order chi connectivity index (χ0) is 22.4. The summed E-state index contributed by atoms with van der Waals surface area (Å²) in [6.07, 6.45) is 3.78. The van der Waals surface area contributed by atoms with E-state index in [2.05, 4.69) is 54.9 Å². The maximum absolute atomic E-state index is 13.2. The number of carbonyl (C=O) groups is 2. The van der Waals surface area contributed by atoms with Gasteiger partial charge in [-0.3, -0.25) is 14.5 Å². The molecule has 0 bridgehead atoms. The number of rotatable bonds is 7. The van der Waals surface area contributed by atoms with Crippen molar-refractivity contribution in [2.24, 2.45) is 5.92 Å². The van der Waals surface area contributed by atoms with E-state index in [1.165, 1.54) is 5.69 Å². The second kappa shape index (κ2) is 11.0. The summed E-state index contributed by atoms with van der Waals surface area (Å²) >= 11 is 0. The molecule has 2 aliphatic rings. The SMILES string of the molecule is CCCCNC(=O)C1CCC(C)N(C(=O)c2ccc(N3CCN(C(C)C)CC3)cc2)C1. The largest absolute Gasteiger partial charge is 0.369 e. The molecule has 31 heavy (non-hydrogen) atoms. The lowest BCUT2D eigenvalue weighted by Gasteiger charge is -2.38. The lowest BCUT2D eigenvalue weighted by molar-refractivity contribution is -0.126. The molecule has 2 unspecified atom stereocenters. The average molecular weight is 429 g/mol. The fraction of sp³-hybridized carbons (Fsp3) is 0.680. The van der Waals surface area contributed by atoms with Crippen molar-refractivity contribution < 1.29 is 9.59 Å². The number of nitrogens with zero attached hydrogens (tertiary/aromatic N) is 3. The molecule has 6 heteroatoms. The Bertz CT molecular complexity index is 726. The summed E-state index contributed by atoms with van der Waals surface area (Å²) in [4.78, 5) is 32.5. The van der Waals surface area contributed by atoms with Gasteiger partial charge in [0.15, 0.2) is 0 Å². The number of benzene rings is 1. The van der Waals surface area contributed by atoms with Gasteiger partial charge in [-0.1, -0.05) is 13.3 Å².